The summed E-state index contributed by atoms with van der Waals surface area (Å²) in [5.41, 5.74) is 2.21. The van der Waals surface area contributed by atoms with E-state index in [4.69, 9.17) is 0 Å². The lowest BCUT2D eigenvalue weighted by molar-refractivity contribution is 0.308. The first-order chi connectivity index (χ1) is 8.26. The monoisotopic (exact) mass is 268 g/mol. The fraction of sp³-hybridized carbons (Fsp3) is 0.429. The minimum absolute atomic E-state index is 0. The SMILES string of the molecule is CCN(CC)CCc1c[nH]c2cccc(O)c12.Cl. The van der Waals surface area contributed by atoms with E-state index < -0.39 is 0 Å². The van der Waals surface area contributed by atoms with Crippen LogP contribution in [0.1, 0.15) is 19.4 Å². The molecule has 3 nitrogen and oxygen atoms in total. The molecule has 1 aromatic carbocycles. The van der Waals surface area contributed by atoms with Crippen LogP contribution in [0.4, 0.5) is 0 Å². The average molecular weight is 269 g/mol. The quantitative estimate of drug-likeness (QED) is 0.874. The molecule has 0 aliphatic heterocycles. The van der Waals surface area contributed by atoms with Crippen molar-refractivity contribution in [1.29, 1.82) is 0 Å². The molecule has 0 aliphatic carbocycles. The smallest absolute Gasteiger partial charge is 0.125 e. The third-order valence-corrected chi connectivity index (χ3v) is 3.36. The van der Waals surface area contributed by atoms with Crippen molar-refractivity contribution in [3.05, 3.63) is 30.0 Å². The highest BCUT2D eigenvalue weighted by atomic mass is 35.5. The molecule has 0 radical (unpaired) electrons. The van der Waals surface area contributed by atoms with Gasteiger partial charge in [-0.25, -0.2) is 0 Å². The number of nitrogens with zero attached hydrogens (tertiary/aromatic N) is 1. The summed E-state index contributed by atoms with van der Waals surface area (Å²) in [7, 11) is 0. The van der Waals surface area contributed by atoms with Crippen LogP contribution in [-0.2, 0) is 6.42 Å². The zero-order chi connectivity index (χ0) is 12.3. The molecule has 2 rings (SSSR count). The summed E-state index contributed by atoms with van der Waals surface area (Å²) < 4.78 is 0. The van der Waals surface area contributed by atoms with Crippen molar-refractivity contribution in [3.8, 4) is 5.75 Å². The molecule has 0 saturated heterocycles. The second kappa shape index (κ2) is 6.66. The van der Waals surface area contributed by atoms with E-state index in [0.717, 1.165) is 37.0 Å². The van der Waals surface area contributed by atoms with Gasteiger partial charge in [0.1, 0.15) is 5.75 Å². The van der Waals surface area contributed by atoms with Gasteiger partial charge < -0.3 is 15.0 Å². The molecule has 1 aromatic heterocycles. The number of aromatic nitrogens is 1. The Hall–Kier alpha value is -1.19. The summed E-state index contributed by atoms with van der Waals surface area (Å²) >= 11 is 0. The Morgan fingerprint density at radius 3 is 2.61 bits per heavy atom. The third kappa shape index (κ3) is 2.98. The van der Waals surface area contributed by atoms with E-state index >= 15 is 0 Å². The van der Waals surface area contributed by atoms with Gasteiger partial charge in [0.25, 0.3) is 0 Å². The van der Waals surface area contributed by atoms with Gasteiger partial charge in [-0.1, -0.05) is 19.9 Å². The van der Waals surface area contributed by atoms with Gasteiger partial charge in [-0.05, 0) is 37.2 Å². The average Bonchev–Trinajstić information content (AvgIpc) is 2.75. The molecule has 0 atom stereocenters. The number of benzene rings is 1. The lowest BCUT2D eigenvalue weighted by atomic mass is 10.1. The van der Waals surface area contributed by atoms with Crippen molar-refractivity contribution < 1.29 is 5.11 Å². The van der Waals surface area contributed by atoms with Crippen molar-refractivity contribution in [2.24, 2.45) is 0 Å². The van der Waals surface area contributed by atoms with Gasteiger partial charge in [0.05, 0.1) is 0 Å². The molecule has 0 aliphatic rings. The van der Waals surface area contributed by atoms with Gasteiger partial charge in [-0.3, -0.25) is 0 Å². The fourth-order valence-electron chi connectivity index (χ4n) is 2.25. The molecule has 2 N–H and O–H groups in total. The van der Waals surface area contributed by atoms with Crippen LogP contribution in [-0.4, -0.2) is 34.6 Å². The van der Waals surface area contributed by atoms with E-state index in [1.165, 1.54) is 5.56 Å². The lowest BCUT2D eigenvalue weighted by Gasteiger charge is -2.17. The van der Waals surface area contributed by atoms with E-state index in [1.807, 2.05) is 18.3 Å². The Balaban J connectivity index is 0.00000162. The van der Waals surface area contributed by atoms with Crippen LogP contribution in [0.3, 0.4) is 0 Å². The molecule has 4 heteroatoms. The summed E-state index contributed by atoms with van der Waals surface area (Å²) in [4.78, 5) is 5.60. The van der Waals surface area contributed by atoms with Gasteiger partial charge in [0.2, 0.25) is 0 Å². The molecule has 0 saturated carbocycles. The van der Waals surface area contributed by atoms with Gasteiger partial charge >= 0.3 is 0 Å². The summed E-state index contributed by atoms with van der Waals surface area (Å²) in [6, 6.07) is 5.61. The van der Waals surface area contributed by atoms with Crippen molar-refractivity contribution in [3.63, 3.8) is 0 Å². The van der Waals surface area contributed by atoms with Crippen molar-refractivity contribution >= 4 is 23.3 Å². The number of aromatic amines is 1. The van der Waals surface area contributed by atoms with Crippen LogP contribution in [0, 0.1) is 0 Å². The molecule has 2 aromatic rings. The number of hydrogen-bond acceptors (Lipinski definition) is 2. The molecule has 0 fully saturated rings. The molecule has 1 heterocycles. The van der Waals surface area contributed by atoms with E-state index in [1.54, 1.807) is 6.07 Å². The Labute approximate surface area is 114 Å². The summed E-state index contributed by atoms with van der Waals surface area (Å²) in [6.45, 7) is 7.54. The van der Waals surface area contributed by atoms with Crippen LogP contribution in [0.2, 0.25) is 0 Å². The molecule has 0 spiro atoms. The topological polar surface area (TPSA) is 39.3 Å². The molecule has 18 heavy (non-hydrogen) atoms. The Morgan fingerprint density at radius 2 is 1.94 bits per heavy atom. The predicted molar refractivity (Wildman–Crippen MR) is 78.7 cm³/mol. The maximum atomic E-state index is 9.89. The minimum Gasteiger partial charge on any atom is -0.507 e. The first-order valence-corrected chi connectivity index (χ1v) is 6.26. The number of hydrogen-bond donors (Lipinski definition) is 2. The van der Waals surface area contributed by atoms with Gasteiger partial charge in [-0.15, -0.1) is 12.4 Å². The highest BCUT2D eigenvalue weighted by molar-refractivity contribution is 5.88. The molecular formula is C14H21ClN2O. The minimum atomic E-state index is 0. The number of aromatic hydroxyl groups is 1. The first-order valence-electron chi connectivity index (χ1n) is 6.26. The van der Waals surface area contributed by atoms with Crippen LogP contribution in [0.15, 0.2) is 24.4 Å². The molecule has 0 amide bonds. The maximum Gasteiger partial charge on any atom is 0.125 e. The molecule has 0 bridgehead atoms. The lowest BCUT2D eigenvalue weighted by Crippen LogP contribution is -2.25. The number of rotatable bonds is 5. The molecule has 0 unspecified atom stereocenters. The predicted octanol–water partition coefficient (Wildman–Crippen LogP) is 3.18. The zero-order valence-electron chi connectivity index (χ0n) is 10.9. The number of likely N-dealkylation sites (N-methyl/N-ethyl adjacent to an activating group) is 1. The van der Waals surface area contributed by atoms with E-state index in [0.29, 0.717) is 5.75 Å². The Kier molecular flexibility index (Phi) is 5.51. The third-order valence-electron chi connectivity index (χ3n) is 3.36. The second-order valence-electron chi connectivity index (χ2n) is 4.29. The number of H-pyrrole nitrogens is 1. The summed E-state index contributed by atoms with van der Waals surface area (Å²) in [5, 5.41) is 10.9. The summed E-state index contributed by atoms with van der Waals surface area (Å²) in [6.07, 6.45) is 2.98. The number of halogens is 1. The maximum absolute atomic E-state index is 9.89. The van der Waals surface area contributed by atoms with Crippen molar-refractivity contribution in [1.82, 2.24) is 9.88 Å². The number of fused-ring (bicyclic) bond motifs is 1. The van der Waals surface area contributed by atoms with Crippen LogP contribution >= 0.6 is 12.4 Å². The standard InChI is InChI=1S/C14H20N2O.ClH/c1-3-16(4-2)9-8-11-10-15-12-6-5-7-13(17)14(11)12;/h5-7,10,15,17H,3-4,8-9H2,1-2H3;1H. The number of nitrogens with one attached hydrogen (secondary N) is 1. The van der Waals surface area contributed by atoms with E-state index in [-0.39, 0.29) is 12.4 Å². The number of phenols is 1. The van der Waals surface area contributed by atoms with Gasteiger partial charge in [0, 0.05) is 23.6 Å². The normalized spacial score (nSPS) is 10.8. The van der Waals surface area contributed by atoms with Crippen molar-refractivity contribution in [2.45, 2.75) is 20.3 Å². The largest absolute Gasteiger partial charge is 0.507 e. The van der Waals surface area contributed by atoms with E-state index in [9.17, 15) is 5.11 Å². The van der Waals surface area contributed by atoms with Crippen LogP contribution < -0.4 is 0 Å². The van der Waals surface area contributed by atoms with Crippen LogP contribution in [0.25, 0.3) is 10.9 Å². The zero-order valence-corrected chi connectivity index (χ0v) is 11.8. The Morgan fingerprint density at radius 1 is 1.22 bits per heavy atom. The Bertz CT molecular complexity index is 491. The van der Waals surface area contributed by atoms with Gasteiger partial charge in [0.15, 0.2) is 0 Å². The van der Waals surface area contributed by atoms with E-state index in [2.05, 4.69) is 23.7 Å². The van der Waals surface area contributed by atoms with Gasteiger partial charge in [-0.2, -0.15) is 0 Å². The first kappa shape index (κ1) is 14.9. The molecule has 100 valence electrons. The molecular weight excluding hydrogens is 248 g/mol. The highest BCUT2D eigenvalue weighted by Crippen LogP contribution is 2.27. The van der Waals surface area contributed by atoms with Crippen molar-refractivity contribution in [2.75, 3.05) is 19.6 Å². The second-order valence-corrected chi connectivity index (χ2v) is 4.29. The van der Waals surface area contributed by atoms with Crippen LogP contribution in [0.5, 0.6) is 5.75 Å². The fourth-order valence-corrected chi connectivity index (χ4v) is 2.25. The number of phenolic OH excluding ortho intramolecular Hbond substituents is 1. The highest BCUT2D eigenvalue weighted by Gasteiger charge is 2.08. The summed E-state index contributed by atoms with van der Waals surface area (Å²) in [5.74, 6) is 0.373.